The standard InChI is InChI=1S/C15H22.C10H15N.C7H10.C4H9N.2C2H6/c1-11-8-13(3)15(9-12(11)2)10-14-6-4-5-7-14;1-2-8-11-9-10-6-4-3-5-7-10;1-5-7(4)6(2)3;1-4(2)5-3;2*1-2/h8-9,14H,4-7,10H2,1-3H3;3-7,11H,2,8-9H2,1H3;5H,1-2,4H2,3H3;5H,1H2,2-3H3;2*1-2H3. The van der Waals surface area contributed by atoms with Crippen LogP contribution in [0.15, 0.2) is 91.7 Å². The summed E-state index contributed by atoms with van der Waals surface area (Å²) in [6.45, 7) is 37.2. The molecule has 2 aromatic carbocycles. The van der Waals surface area contributed by atoms with Crippen molar-refractivity contribution in [2.45, 2.75) is 114 Å². The average Bonchev–Trinajstić information content (AvgIpc) is 3.52. The molecule has 3 rings (SSSR count). The van der Waals surface area contributed by atoms with Gasteiger partial charge in [0.25, 0.3) is 0 Å². The van der Waals surface area contributed by atoms with E-state index < -0.39 is 0 Å². The molecule has 2 heteroatoms. The van der Waals surface area contributed by atoms with Crippen LogP contribution in [0.25, 0.3) is 0 Å². The molecule has 1 fully saturated rings. The molecule has 2 N–H and O–H groups in total. The van der Waals surface area contributed by atoms with E-state index in [-0.39, 0.29) is 0 Å². The molecule has 0 aromatic heterocycles. The van der Waals surface area contributed by atoms with Crippen LogP contribution < -0.4 is 10.6 Å². The SMILES string of the molecule is C=C(C)NC.C=CC(=C)C(=C)C.CC.CC.CCCNCc1ccccc1.Cc1cc(C)c(CC2CCCC2)cc1C. The van der Waals surface area contributed by atoms with Crippen molar-refractivity contribution in [3.8, 4) is 0 Å². The Morgan fingerprint density at radius 1 is 0.857 bits per heavy atom. The number of aryl methyl sites for hydroxylation is 3. The molecule has 0 bridgehead atoms. The minimum Gasteiger partial charge on any atom is -0.392 e. The third-order valence-electron chi connectivity index (χ3n) is 6.76. The van der Waals surface area contributed by atoms with Crippen LogP contribution in [0, 0.1) is 26.7 Å². The Morgan fingerprint density at radius 3 is 1.76 bits per heavy atom. The zero-order valence-electron chi connectivity index (χ0n) is 29.7. The van der Waals surface area contributed by atoms with Crippen LogP contribution >= 0.6 is 0 Å². The van der Waals surface area contributed by atoms with Crippen molar-refractivity contribution in [2.24, 2.45) is 5.92 Å². The van der Waals surface area contributed by atoms with E-state index in [9.17, 15) is 0 Å². The summed E-state index contributed by atoms with van der Waals surface area (Å²) in [5.41, 5.74) is 10.2. The molecule has 2 nitrogen and oxygen atoms in total. The average molecular weight is 577 g/mol. The van der Waals surface area contributed by atoms with Crippen molar-refractivity contribution in [1.82, 2.24) is 10.6 Å². The fourth-order valence-corrected chi connectivity index (χ4v) is 3.95. The van der Waals surface area contributed by atoms with Crippen molar-refractivity contribution in [2.75, 3.05) is 13.6 Å². The highest BCUT2D eigenvalue weighted by molar-refractivity contribution is 5.36. The first-order chi connectivity index (χ1) is 20.0. The van der Waals surface area contributed by atoms with Gasteiger partial charge in [0.1, 0.15) is 0 Å². The molecule has 0 aliphatic heterocycles. The number of benzene rings is 2. The van der Waals surface area contributed by atoms with E-state index >= 15 is 0 Å². The van der Waals surface area contributed by atoms with Crippen LogP contribution in [0.3, 0.4) is 0 Å². The van der Waals surface area contributed by atoms with Gasteiger partial charge in [0, 0.05) is 13.6 Å². The van der Waals surface area contributed by atoms with Crippen LogP contribution in [0.2, 0.25) is 0 Å². The first kappa shape index (κ1) is 43.6. The summed E-state index contributed by atoms with van der Waals surface area (Å²) < 4.78 is 0. The van der Waals surface area contributed by atoms with Crippen LogP contribution in [0.4, 0.5) is 0 Å². The lowest BCUT2D eigenvalue weighted by atomic mass is 9.92. The van der Waals surface area contributed by atoms with Gasteiger partial charge >= 0.3 is 0 Å². The summed E-state index contributed by atoms with van der Waals surface area (Å²) in [5.74, 6) is 0.964. The summed E-state index contributed by atoms with van der Waals surface area (Å²) >= 11 is 0. The molecule has 0 atom stereocenters. The highest BCUT2D eigenvalue weighted by Gasteiger charge is 2.16. The van der Waals surface area contributed by atoms with Crippen molar-refractivity contribution in [3.63, 3.8) is 0 Å². The van der Waals surface area contributed by atoms with E-state index in [1.807, 2.05) is 54.7 Å². The highest BCUT2D eigenvalue weighted by atomic mass is 14.8. The Bertz CT molecular complexity index is 963. The number of hydrogen-bond donors (Lipinski definition) is 2. The topological polar surface area (TPSA) is 24.1 Å². The summed E-state index contributed by atoms with van der Waals surface area (Å²) in [4.78, 5) is 0. The molecule has 2 aromatic rings. The van der Waals surface area contributed by atoms with E-state index in [0.717, 1.165) is 35.9 Å². The Morgan fingerprint density at radius 2 is 1.36 bits per heavy atom. The molecule has 0 amide bonds. The molecular weight excluding hydrogens is 508 g/mol. The molecule has 0 spiro atoms. The molecule has 1 aliphatic rings. The first-order valence-electron chi connectivity index (χ1n) is 16.2. The number of nitrogens with one attached hydrogen (secondary N) is 2. The van der Waals surface area contributed by atoms with Gasteiger partial charge in [0.2, 0.25) is 0 Å². The van der Waals surface area contributed by atoms with Gasteiger partial charge in [-0.1, -0.05) is 141 Å². The molecule has 0 heterocycles. The van der Waals surface area contributed by atoms with E-state index in [1.165, 1.54) is 60.8 Å². The number of hydrogen-bond acceptors (Lipinski definition) is 2. The largest absolute Gasteiger partial charge is 0.392 e. The summed E-state index contributed by atoms with van der Waals surface area (Å²) in [6, 6.07) is 15.2. The molecular formula is C40H68N2. The van der Waals surface area contributed by atoms with Gasteiger partial charge < -0.3 is 10.6 Å². The predicted molar refractivity (Wildman–Crippen MR) is 195 cm³/mol. The van der Waals surface area contributed by atoms with Gasteiger partial charge in [-0.15, -0.1) is 0 Å². The van der Waals surface area contributed by atoms with Gasteiger partial charge in [-0.3, -0.25) is 0 Å². The third-order valence-corrected chi connectivity index (χ3v) is 6.76. The van der Waals surface area contributed by atoms with Gasteiger partial charge in [0.15, 0.2) is 0 Å². The predicted octanol–water partition coefficient (Wildman–Crippen LogP) is 11.6. The van der Waals surface area contributed by atoms with Gasteiger partial charge in [-0.05, 0) is 99.0 Å². The second-order valence-electron chi connectivity index (χ2n) is 10.4. The molecule has 0 saturated heterocycles. The van der Waals surface area contributed by atoms with E-state index in [0.29, 0.717) is 0 Å². The number of allylic oxidation sites excluding steroid dienone is 4. The van der Waals surface area contributed by atoms with Gasteiger partial charge in [0.05, 0.1) is 0 Å². The van der Waals surface area contributed by atoms with Gasteiger partial charge in [-0.25, -0.2) is 0 Å². The maximum Gasteiger partial charge on any atom is 0.0205 e. The number of rotatable bonds is 9. The minimum absolute atomic E-state index is 0.917. The molecule has 1 aliphatic carbocycles. The molecule has 0 radical (unpaired) electrons. The Balaban J connectivity index is -0.000000498. The maximum absolute atomic E-state index is 3.66. The van der Waals surface area contributed by atoms with Crippen molar-refractivity contribution in [3.05, 3.63) is 120 Å². The fourth-order valence-electron chi connectivity index (χ4n) is 3.95. The first-order valence-corrected chi connectivity index (χ1v) is 16.2. The Kier molecular flexibility index (Phi) is 30.8. The van der Waals surface area contributed by atoms with Crippen LogP contribution in [0.1, 0.15) is 108 Å². The smallest absolute Gasteiger partial charge is 0.0205 e. The maximum atomic E-state index is 3.66. The van der Waals surface area contributed by atoms with Crippen LogP contribution in [-0.4, -0.2) is 13.6 Å². The van der Waals surface area contributed by atoms with Gasteiger partial charge in [-0.2, -0.15) is 0 Å². The fraction of sp³-hybridized carbons (Fsp3) is 0.500. The summed E-state index contributed by atoms with van der Waals surface area (Å²) in [6.07, 6.45) is 10.0. The summed E-state index contributed by atoms with van der Waals surface area (Å²) in [5, 5.41) is 6.18. The zero-order chi connectivity index (χ0) is 32.9. The van der Waals surface area contributed by atoms with Crippen molar-refractivity contribution in [1.29, 1.82) is 0 Å². The van der Waals surface area contributed by atoms with E-state index in [4.69, 9.17) is 0 Å². The van der Waals surface area contributed by atoms with E-state index in [1.54, 1.807) is 11.6 Å². The summed E-state index contributed by atoms with van der Waals surface area (Å²) in [7, 11) is 1.85. The highest BCUT2D eigenvalue weighted by Crippen LogP contribution is 2.29. The quantitative estimate of drug-likeness (QED) is 0.229. The molecule has 1 saturated carbocycles. The second kappa shape index (κ2) is 29.6. The van der Waals surface area contributed by atoms with Crippen LogP contribution in [-0.2, 0) is 13.0 Å². The normalized spacial score (nSPS) is 11.1. The third kappa shape index (κ3) is 23.8. The lowest BCUT2D eigenvalue weighted by molar-refractivity contribution is 0.545. The molecule has 238 valence electrons. The lowest BCUT2D eigenvalue weighted by Crippen LogP contribution is -2.13. The lowest BCUT2D eigenvalue weighted by Gasteiger charge is -2.13. The zero-order valence-corrected chi connectivity index (χ0v) is 29.7. The van der Waals surface area contributed by atoms with Crippen LogP contribution in [0.5, 0.6) is 0 Å². The van der Waals surface area contributed by atoms with Crippen molar-refractivity contribution < 1.29 is 0 Å². The Labute approximate surface area is 263 Å². The second-order valence-corrected chi connectivity index (χ2v) is 10.4. The van der Waals surface area contributed by atoms with E-state index in [2.05, 4.69) is 101 Å². The molecule has 42 heavy (non-hydrogen) atoms. The van der Waals surface area contributed by atoms with Crippen molar-refractivity contribution >= 4 is 0 Å². The monoisotopic (exact) mass is 577 g/mol. The minimum atomic E-state index is 0.917. The molecule has 0 unspecified atom stereocenters. The Hall–Kier alpha value is -2.84.